The SMILES string of the molecule is Cn1cnc(CCNC2CCCC(S(C)(=O)=O)C2)n1. The summed E-state index contributed by atoms with van der Waals surface area (Å²) in [6, 6.07) is 0.303. The number of nitrogens with zero attached hydrogens (tertiary/aromatic N) is 3. The number of aromatic nitrogens is 3. The number of hydrogen-bond acceptors (Lipinski definition) is 5. The molecule has 0 bridgehead atoms. The molecule has 1 aliphatic rings. The first-order valence-electron chi connectivity index (χ1n) is 6.72. The van der Waals surface area contributed by atoms with Gasteiger partial charge in [-0.3, -0.25) is 4.68 Å². The molecule has 19 heavy (non-hydrogen) atoms. The molecule has 2 unspecified atom stereocenters. The van der Waals surface area contributed by atoms with E-state index in [-0.39, 0.29) is 5.25 Å². The average Bonchev–Trinajstić information content (AvgIpc) is 2.74. The van der Waals surface area contributed by atoms with Crippen molar-refractivity contribution in [2.75, 3.05) is 12.8 Å². The first kappa shape index (κ1) is 14.5. The van der Waals surface area contributed by atoms with E-state index in [2.05, 4.69) is 15.4 Å². The summed E-state index contributed by atoms with van der Waals surface area (Å²) in [5, 5.41) is 7.47. The Morgan fingerprint density at radius 1 is 1.47 bits per heavy atom. The quantitative estimate of drug-likeness (QED) is 0.842. The van der Waals surface area contributed by atoms with Gasteiger partial charge >= 0.3 is 0 Å². The van der Waals surface area contributed by atoms with Gasteiger partial charge in [-0.05, 0) is 19.3 Å². The highest BCUT2D eigenvalue weighted by Crippen LogP contribution is 2.23. The smallest absolute Gasteiger partial charge is 0.151 e. The molecule has 0 radical (unpaired) electrons. The van der Waals surface area contributed by atoms with E-state index in [1.807, 2.05) is 7.05 Å². The van der Waals surface area contributed by atoms with Gasteiger partial charge in [-0.25, -0.2) is 13.4 Å². The lowest BCUT2D eigenvalue weighted by Crippen LogP contribution is -2.39. The summed E-state index contributed by atoms with van der Waals surface area (Å²) in [6.45, 7) is 0.797. The van der Waals surface area contributed by atoms with E-state index >= 15 is 0 Å². The van der Waals surface area contributed by atoms with Crippen LogP contribution in [0.25, 0.3) is 0 Å². The molecular weight excluding hydrogens is 264 g/mol. The van der Waals surface area contributed by atoms with Gasteiger partial charge in [-0.15, -0.1) is 0 Å². The van der Waals surface area contributed by atoms with Gasteiger partial charge < -0.3 is 5.32 Å². The molecule has 7 heteroatoms. The van der Waals surface area contributed by atoms with Crippen LogP contribution in [0.2, 0.25) is 0 Å². The number of sulfone groups is 1. The molecule has 0 saturated heterocycles. The fourth-order valence-corrected chi connectivity index (χ4v) is 3.78. The van der Waals surface area contributed by atoms with Crippen molar-refractivity contribution in [1.82, 2.24) is 20.1 Å². The Hall–Kier alpha value is -0.950. The van der Waals surface area contributed by atoms with Crippen molar-refractivity contribution in [2.45, 2.75) is 43.4 Å². The first-order valence-corrected chi connectivity index (χ1v) is 8.67. The fourth-order valence-electron chi connectivity index (χ4n) is 2.61. The van der Waals surface area contributed by atoms with Gasteiger partial charge in [-0.1, -0.05) is 6.42 Å². The Balaban J connectivity index is 1.77. The molecule has 1 heterocycles. The van der Waals surface area contributed by atoms with Gasteiger partial charge in [0.2, 0.25) is 0 Å². The lowest BCUT2D eigenvalue weighted by Gasteiger charge is -2.28. The van der Waals surface area contributed by atoms with Gasteiger partial charge in [0.05, 0.1) is 5.25 Å². The molecule has 0 aliphatic heterocycles. The van der Waals surface area contributed by atoms with E-state index in [4.69, 9.17) is 0 Å². The summed E-state index contributed by atoms with van der Waals surface area (Å²) < 4.78 is 24.8. The second kappa shape index (κ2) is 6.00. The zero-order valence-corrected chi connectivity index (χ0v) is 12.4. The summed E-state index contributed by atoms with van der Waals surface area (Å²) in [7, 11) is -1.05. The van der Waals surface area contributed by atoms with Gasteiger partial charge in [0.15, 0.2) is 5.82 Å². The number of aryl methyl sites for hydroxylation is 1. The van der Waals surface area contributed by atoms with Crippen LogP contribution in [-0.2, 0) is 23.3 Å². The van der Waals surface area contributed by atoms with Crippen LogP contribution in [0, 0.1) is 0 Å². The summed E-state index contributed by atoms with van der Waals surface area (Å²) >= 11 is 0. The highest BCUT2D eigenvalue weighted by Gasteiger charge is 2.28. The molecule has 2 rings (SSSR count). The molecule has 1 aromatic heterocycles. The second-order valence-electron chi connectivity index (χ2n) is 5.35. The van der Waals surface area contributed by atoms with Gasteiger partial charge in [0, 0.05) is 32.3 Å². The van der Waals surface area contributed by atoms with E-state index < -0.39 is 9.84 Å². The molecule has 1 aromatic rings. The van der Waals surface area contributed by atoms with Crippen molar-refractivity contribution in [3.05, 3.63) is 12.2 Å². The summed E-state index contributed by atoms with van der Waals surface area (Å²) in [4.78, 5) is 4.17. The van der Waals surface area contributed by atoms with Gasteiger partial charge in [-0.2, -0.15) is 5.10 Å². The predicted octanol–water partition coefficient (Wildman–Crippen LogP) is 0.303. The summed E-state index contributed by atoms with van der Waals surface area (Å²) in [5.74, 6) is 0.825. The molecule has 6 nitrogen and oxygen atoms in total. The molecule has 0 amide bonds. The molecule has 1 aliphatic carbocycles. The van der Waals surface area contributed by atoms with Gasteiger partial charge in [0.1, 0.15) is 16.2 Å². The third-order valence-corrected chi connectivity index (χ3v) is 5.30. The minimum atomic E-state index is -2.90. The van der Waals surface area contributed by atoms with Crippen LogP contribution in [0.3, 0.4) is 0 Å². The highest BCUT2D eigenvalue weighted by molar-refractivity contribution is 7.91. The molecular formula is C12H22N4O2S. The molecule has 1 fully saturated rings. The third kappa shape index (κ3) is 4.28. The van der Waals surface area contributed by atoms with Crippen LogP contribution in [0.5, 0.6) is 0 Å². The van der Waals surface area contributed by atoms with Crippen LogP contribution < -0.4 is 5.32 Å². The van der Waals surface area contributed by atoms with Crippen LogP contribution in [0.1, 0.15) is 31.5 Å². The van der Waals surface area contributed by atoms with E-state index in [0.29, 0.717) is 6.04 Å². The Kier molecular flexibility index (Phi) is 4.57. The maximum absolute atomic E-state index is 11.6. The summed E-state index contributed by atoms with van der Waals surface area (Å²) in [5.41, 5.74) is 0. The maximum Gasteiger partial charge on any atom is 0.151 e. The minimum Gasteiger partial charge on any atom is -0.313 e. The highest BCUT2D eigenvalue weighted by atomic mass is 32.2. The maximum atomic E-state index is 11.6. The topological polar surface area (TPSA) is 76.9 Å². The normalized spacial score (nSPS) is 24.5. The predicted molar refractivity (Wildman–Crippen MR) is 73.6 cm³/mol. The van der Waals surface area contributed by atoms with Crippen LogP contribution >= 0.6 is 0 Å². The number of nitrogens with one attached hydrogen (secondary N) is 1. The number of rotatable bonds is 5. The molecule has 2 atom stereocenters. The van der Waals surface area contributed by atoms with Crippen LogP contribution in [0.15, 0.2) is 6.33 Å². The second-order valence-corrected chi connectivity index (χ2v) is 7.68. The lowest BCUT2D eigenvalue weighted by molar-refractivity contribution is 0.373. The summed E-state index contributed by atoms with van der Waals surface area (Å²) in [6.07, 6.45) is 7.39. The van der Waals surface area contributed by atoms with E-state index in [1.54, 1.807) is 11.0 Å². The molecule has 1 saturated carbocycles. The molecule has 1 N–H and O–H groups in total. The van der Waals surface area contributed by atoms with Crippen molar-refractivity contribution >= 4 is 9.84 Å². The van der Waals surface area contributed by atoms with Crippen LogP contribution in [-0.4, -0.2) is 47.3 Å². The van der Waals surface area contributed by atoms with E-state index in [1.165, 1.54) is 6.26 Å². The van der Waals surface area contributed by atoms with Crippen molar-refractivity contribution in [1.29, 1.82) is 0 Å². The first-order chi connectivity index (χ1) is 8.95. The van der Waals surface area contributed by atoms with Crippen molar-refractivity contribution in [2.24, 2.45) is 7.05 Å². The van der Waals surface area contributed by atoms with Crippen LogP contribution in [0.4, 0.5) is 0 Å². The van der Waals surface area contributed by atoms with E-state index in [0.717, 1.165) is 44.5 Å². The standard InChI is InChI=1S/C12H22N4O2S/c1-16-9-14-12(15-16)6-7-13-10-4-3-5-11(8-10)19(2,17)18/h9-11,13H,3-8H2,1-2H3. The van der Waals surface area contributed by atoms with Crippen molar-refractivity contribution in [3.63, 3.8) is 0 Å². The van der Waals surface area contributed by atoms with E-state index in [9.17, 15) is 8.42 Å². The number of hydrogen-bond donors (Lipinski definition) is 1. The third-order valence-electron chi connectivity index (χ3n) is 3.66. The lowest BCUT2D eigenvalue weighted by atomic mass is 9.95. The largest absolute Gasteiger partial charge is 0.313 e. The Morgan fingerprint density at radius 3 is 2.89 bits per heavy atom. The average molecular weight is 286 g/mol. The fraction of sp³-hybridized carbons (Fsp3) is 0.833. The zero-order chi connectivity index (χ0) is 13.9. The van der Waals surface area contributed by atoms with Crippen molar-refractivity contribution < 1.29 is 8.42 Å². The Morgan fingerprint density at radius 2 is 2.26 bits per heavy atom. The minimum absolute atomic E-state index is 0.174. The molecule has 0 spiro atoms. The monoisotopic (exact) mass is 286 g/mol. The molecule has 108 valence electrons. The Labute approximate surface area is 114 Å². The van der Waals surface area contributed by atoms with Crippen molar-refractivity contribution in [3.8, 4) is 0 Å². The Bertz CT molecular complexity index is 512. The van der Waals surface area contributed by atoms with Gasteiger partial charge in [0.25, 0.3) is 0 Å². The molecule has 0 aromatic carbocycles. The zero-order valence-electron chi connectivity index (χ0n) is 11.5.